The van der Waals surface area contributed by atoms with Crippen LogP contribution in [0.4, 0.5) is 5.69 Å². The van der Waals surface area contributed by atoms with Crippen LogP contribution >= 0.6 is 0 Å². The number of anilines is 1. The van der Waals surface area contributed by atoms with Crippen molar-refractivity contribution in [3.63, 3.8) is 0 Å². The number of carbonyl (C=O) groups is 2. The van der Waals surface area contributed by atoms with Crippen molar-refractivity contribution >= 4 is 17.4 Å². The molecule has 0 atom stereocenters. The zero-order chi connectivity index (χ0) is 13.5. The number of nitrogens with two attached hydrogens (primary N) is 1. The Labute approximate surface area is 108 Å². The van der Waals surface area contributed by atoms with E-state index in [0.29, 0.717) is 12.1 Å². The highest BCUT2D eigenvalue weighted by molar-refractivity contribution is 5.98. The highest BCUT2D eigenvalue weighted by Gasteiger charge is 2.14. The molecular weight excluding hydrogens is 228 g/mol. The van der Waals surface area contributed by atoms with Crippen LogP contribution in [0.2, 0.25) is 0 Å². The molecule has 0 fully saturated rings. The molecule has 0 aliphatic heterocycles. The van der Waals surface area contributed by atoms with Crippen molar-refractivity contribution in [2.24, 2.45) is 5.73 Å². The minimum Gasteiger partial charge on any atom is -0.322 e. The third-order valence-electron chi connectivity index (χ3n) is 2.78. The smallest absolute Gasteiger partial charge is 0.240 e. The second-order valence-electron chi connectivity index (χ2n) is 4.21. The van der Waals surface area contributed by atoms with Gasteiger partial charge in [0.15, 0.2) is 5.78 Å². The number of rotatable bonds is 6. The van der Waals surface area contributed by atoms with Gasteiger partial charge in [0.05, 0.1) is 6.54 Å². The lowest BCUT2D eigenvalue weighted by atomic mass is 10.1. The molecule has 4 heteroatoms. The summed E-state index contributed by atoms with van der Waals surface area (Å²) in [6.45, 7) is 4.19. The fraction of sp³-hybridized carbons (Fsp3) is 0.429. The van der Waals surface area contributed by atoms with E-state index < -0.39 is 0 Å². The van der Waals surface area contributed by atoms with Gasteiger partial charge in [-0.1, -0.05) is 25.5 Å². The molecule has 0 bridgehead atoms. The molecule has 2 N–H and O–H groups in total. The quantitative estimate of drug-likeness (QED) is 0.783. The van der Waals surface area contributed by atoms with Crippen LogP contribution in [0.25, 0.3) is 0 Å². The van der Waals surface area contributed by atoms with Gasteiger partial charge in [0, 0.05) is 17.8 Å². The molecule has 1 amide bonds. The van der Waals surface area contributed by atoms with Gasteiger partial charge in [0.25, 0.3) is 0 Å². The minimum atomic E-state index is -0.121. The number of hydrogen-bond donors (Lipinski definition) is 1. The maximum atomic E-state index is 11.8. The zero-order valence-electron chi connectivity index (χ0n) is 11.0. The van der Waals surface area contributed by atoms with Crippen LogP contribution in [0.1, 0.15) is 37.0 Å². The van der Waals surface area contributed by atoms with Gasteiger partial charge in [0.1, 0.15) is 0 Å². The third-order valence-corrected chi connectivity index (χ3v) is 2.78. The maximum absolute atomic E-state index is 11.8. The lowest BCUT2D eigenvalue weighted by Gasteiger charge is -2.22. The van der Waals surface area contributed by atoms with E-state index in [9.17, 15) is 9.59 Å². The molecule has 98 valence electrons. The summed E-state index contributed by atoms with van der Waals surface area (Å²) >= 11 is 0. The number of Topliss-reactive ketones (excluding diaryl/α,β-unsaturated/α-hetero) is 1. The molecule has 0 saturated carbocycles. The van der Waals surface area contributed by atoms with E-state index in [1.165, 1.54) is 6.92 Å². The molecular formula is C14H20N2O2. The summed E-state index contributed by atoms with van der Waals surface area (Å²) in [6.07, 6.45) is 1.91. The van der Waals surface area contributed by atoms with Gasteiger partial charge in [-0.05, 0) is 25.5 Å². The van der Waals surface area contributed by atoms with E-state index in [-0.39, 0.29) is 18.2 Å². The highest BCUT2D eigenvalue weighted by Crippen LogP contribution is 2.17. The predicted octanol–water partition coefficient (Wildman–Crippen LogP) is 1.98. The number of carbonyl (C=O) groups excluding carboxylic acids is 2. The Morgan fingerprint density at radius 1 is 1.33 bits per heavy atom. The first-order valence-electron chi connectivity index (χ1n) is 6.21. The van der Waals surface area contributed by atoms with Crippen molar-refractivity contribution in [3.05, 3.63) is 29.8 Å². The molecule has 0 saturated heterocycles. The van der Waals surface area contributed by atoms with Crippen LogP contribution in [0.5, 0.6) is 0 Å². The van der Waals surface area contributed by atoms with Gasteiger partial charge in [-0.2, -0.15) is 0 Å². The van der Waals surface area contributed by atoms with Crippen molar-refractivity contribution in [1.29, 1.82) is 0 Å². The summed E-state index contributed by atoms with van der Waals surface area (Å²) in [7, 11) is 0. The molecule has 1 aromatic carbocycles. The summed E-state index contributed by atoms with van der Waals surface area (Å²) in [5.41, 5.74) is 6.77. The van der Waals surface area contributed by atoms with Crippen LogP contribution in [-0.2, 0) is 4.79 Å². The van der Waals surface area contributed by atoms with Gasteiger partial charge in [-0.25, -0.2) is 0 Å². The largest absolute Gasteiger partial charge is 0.322 e. The van der Waals surface area contributed by atoms with E-state index in [4.69, 9.17) is 5.73 Å². The van der Waals surface area contributed by atoms with Gasteiger partial charge in [-0.15, -0.1) is 0 Å². The Bertz CT molecular complexity index is 430. The molecule has 0 aliphatic rings. The van der Waals surface area contributed by atoms with Gasteiger partial charge >= 0.3 is 0 Å². The Hall–Kier alpha value is -1.68. The van der Waals surface area contributed by atoms with Gasteiger partial charge < -0.3 is 10.6 Å². The van der Waals surface area contributed by atoms with E-state index in [2.05, 4.69) is 6.92 Å². The molecule has 0 unspecified atom stereocenters. The number of benzene rings is 1. The molecule has 1 rings (SSSR count). The van der Waals surface area contributed by atoms with Crippen molar-refractivity contribution in [2.75, 3.05) is 18.0 Å². The normalized spacial score (nSPS) is 10.2. The first kappa shape index (κ1) is 14.4. The van der Waals surface area contributed by atoms with Crippen molar-refractivity contribution in [3.8, 4) is 0 Å². The minimum absolute atomic E-state index is 0.00695. The van der Waals surface area contributed by atoms with Gasteiger partial charge in [-0.3, -0.25) is 9.59 Å². The second-order valence-corrected chi connectivity index (χ2v) is 4.21. The SMILES string of the molecule is CCCCN(C(=O)CN)c1cccc(C(C)=O)c1. The molecule has 0 radical (unpaired) electrons. The summed E-state index contributed by atoms with van der Waals surface area (Å²) < 4.78 is 0. The highest BCUT2D eigenvalue weighted by atomic mass is 16.2. The lowest BCUT2D eigenvalue weighted by molar-refractivity contribution is -0.117. The van der Waals surface area contributed by atoms with Crippen molar-refractivity contribution in [1.82, 2.24) is 0 Å². The molecule has 4 nitrogen and oxygen atoms in total. The fourth-order valence-corrected chi connectivity index (χ4v) is 1.72. The fourth-order valence-electron chi connectivity index (χ4n) is 1.72. The lowest BCUT2D eigenvalue weighted by Crippen LogP contribution is -2.36. The third kappa shape index (κ3) is 3.67. The van der Waals surface area contributed by atoms with Crippen LogP contribution in [0, 0.1) is 0 Å². The van der Waals surface area contributed by atoms with E-state index in [1.807, 2.05) is 6.07 Å². The molecule has 0 spiro atoms. The van der Waals surface area contributed by atoms with Crippen molar-refractivity contribution < 1.29 is 9.59 Å². The number of amides is 1. The van der Waals surface area contributed by atoms with Crippen LogP contribution < -0.4 is 10.6 Å². The van der Waals surface area contributed by atoms with E-state index >= 15 is 0 Å². The monoisotopic (exact) mass is 248 g/mol. The zero-order valence-corrected chi connectivity index (χ0v) is 11.0. The first-order chi connectivity index (χ1) is 8.60. The van der Waals surface area contributed by atoms with E-state index in [0.717, 1.165) is 18.5 Å². The molecule has 18 heavy (non-hydrogen) atoms. The first-order valence-corrected chi connectivity index (χ1v) is 6.21. The Morgan fingerprint density at radius 3 is 2.61 bits per heavy atom. The van der Waals surface area contributed by atoms with Crippen LogP contribution in [0.3, 0.4) is 0 Å². The molecule has 0 aliphatic carbocycles. The number of hydrogen-bond acceptors (Lipinski definition) is 3. The average molecular weight is 248 g/mol. The summed E-state index contributed by atoms with van der Waals surface area (Å²) in [4.78, 5) is 24.8. The Balaban J connectivity index is 3.00. The number of nitrogens with zero attached hydrogens (tertiary/aromatic N) is 1. The van der Waals surface area contributed by atoms with Crippen molar-refractivity contribution in [2.45, 2.75) is 26.7 Å². The van der Waals surface area contributed by atoms with E-state index in [1.54, 1.807) is 23.1 Å². The summed E-state index contributed by atoms with van der Waals surface area (Å²) in [5, 5.41) is 0. The van der Waals surface area contributed by atoms with Crippen LogP contribution in [0.15, 0.2) is 24.3 Å². The summed E-state index contributed by atoms with van der Waals surface area (Å²) in [5.74, 6) is -0.128. The standard InChI is InChI=1S/C14H20N2O2/c1-3-4-8-16(14(18)10-15)13-7-5-6-12(9-13)11(2)17/h5-7,9H,3-4,8,10,15H2,1-2H3. The summed E-state index contributed by atoms with van der Waals surface area (Å²) in [6, 6.07) is 7.10. The predicted molar refractivity (Wildman–Crippen MR) is 72.8 cm³/mol. The van der Waals surface area contributed by atoms with Crippen LogP contribution in [-0.4, -0.2) is 24.8 Å². The topological polar surface area (TPSA) is 63.4 Å². The molecule has 1 aromatic rings. The maximum Gasteiger partial charge on any atom is 0.240 e. The number of ketones is 1. The van der Waals surface area contributed by atoms with Gasteiger partial charge in [0.2, 0.25) is 5.91 Å². The Morgan fingerprint density at radius 2 is 2.06 bits per heavy atom. The number of unbranched alkanes of at least 4 members (excludes halogenated alkanes) is 1. The average Bonchev–Trinajstić information content (AvgIpc) is 2.39. The molecule has 0 aromatic heterocycles. The molecule has 0 heterocycles. The Kier molecular flexibility index (Phi) is 5.52. The second kappa shape index (κ2) is 6.91.